The number of hydrogen-bond donors (Lipinski definition) is 2. The van der Waals surface area contributed by atoms with Crippen molar-refractivity contribution in [1.82, 2.24) is 14.4 Å². The molecule has 0 aliphatic carbocycles. The van der Waals surface area contributed by atoms with E-state index in [1.54, 1.807) is 37.5 Å². The molecule has 2 aromatic heterocycles. The molecule has 37 heavy (non-hydrogen) atoms. The largest absolute Gasteiger partial charge is 0.494 e. The maximum Gasteiger partial charge on any atom is 0.156 e. The number of aromatic nitrogens is 3. The van der Waals surface area contributed by atoms with Crippen molar-refractivity contribution in [3.8, 4) is 11.3 Å². The summed E-state index contributed by atoms with van der Waals surface area (Å²) in [4.78, 5) is 9.10. The highest BCUT2D eigenvalue weighted by molar-refractivity contribution is 7.86. The molecule has 1 atom stereocenters. The number of benzene rings is 2. The summed E-state index contributed by atoms with van der Waals surface area (Å²) < 4.78 is 39.1. The molecule has 0 aliphatic rings. The van der Waals surface area contributed by atoms with Gasteiger partial charge in [-0.25, -0.2) is 18.6 Å². The summed E-state index contributed by atoms with van der Waals surface area (Å²) in [6.45, 7) is 11.5. The second-order valence-electron chi connectivity index (χ2n) is 9.47. The predicted molar refractivity (Wildman–Crippen MR) is 148 cm³/mol. The van der Waals surface area contributed by atoms with Gasteiger partial charge in [-0.3, -0.25) is 9.12 Å². The number of imidazole rings is 1. The van der Waals surface area contributed by atoms with Gasteiger partial charge in [0.2, 0.25) is 0 Å². The Hall–Kier alpha value is -3.14. The van der Waals surface area contributed by atoms with Gasteiger partial charge in [-0.15, -0.1) is 0 Å². The fourth-order valence-electron chi connectivity index (χ4n) is 3.79. The second-order valence-corrected chi connectivity index (χ2v) is 11.5. The summed E-state index contributed by atoms with van der Waals surface area (Å²) in [7, 11) is -1.94. The first kappa shape index (κ1) is 26.9. The van der Waals surface area contributed by atoms with E-state index in [4.69, 9.17) is 38.7 Å². The molecule has 1 unspecified atom stereocenters. The first-order valence-corrected chi connectivity index (χ1v) is 13.2. The average molecular weight is 562 g/mol. The topological polar surface area (TPSA) is 94.5 Å². The third kappa shape index (κ3) is 5.44. The van der Waals surface area contributed by atoms with Gasteiger partial charge in [0.05, 0.1) is 21.4 Å². The van der Waals surface area contributed by atoms with Gasteiger partial charge < -0.3 is 10.5 Å². The number of allylic oxidation sites excluding steroid dienone is 1. The van der Waals surface area contributed by atoms with Crippen molar-refractivity contribution in [2.75, 3.05) is 10.5 Å². The molecule has 2 heterocycles. The Kier molecular flexibility index (Phi) is 7.50. The molecule has 0 saturated carbocycles. The summed E-state index contributed by atoms with van der Waals surface area (Å²) >= 11 is 12.7. The van der Waals surface area contributed by atoms with Gasteiger partial charge in [0.15, 0.2) is 16.8 Å². The molecule has 7 nitrogen and oxygen atoms in total. The van der Waals surface area contributed by atoms with E-state index in [0.717, 1.165) is 0 Å². The molecule has 194 valence electrons. The van der Waals surface area contributed by atoms with Crippen LogP contribution in [-0.4, -0.2) is 18.6 Å². The van der Waals surface area contributed by atoms with Crippen LogP contribution in [-0.2, 0) is 27.7 Å². The zero-order chi connectivity index (χ0) is 27.1. The Labute approximate surface area is 227 Å². The lowest BCUT2D eigenvalue weighted by atomic mass is 9.96. The van der Waals surface area contributed by atoms with Gasteiger partial charge in [0.1, 0.15) is 29.5 Å². The van der Waals surface area contributed by atoms with E-state index in [9.17, 15) is 4.21 Å². The zero-order valence-electron chi connectivity index (χ0n) is 20.7. The maximum atomic E-state index is 15.9. The minimum absolute atomic E-state index is 0.00691. The summed E-state index contributed by atoms with van der Waals surface area (Å²) in [6.07, 6.45) is 3.32. The van der Waals surface area contributed by atoms with Crippen molar-refractivity contribution >= 4 is 51.2 Å². The number of nitrogens with zero attached hydrogens (tertiary/aromatic N) is 3. The van der Waals surface area contributed by atoms with Gasteiger partial charge in [0, 0.05) is 34.0 Å². The van der Waals surface area contributed by atoms with Crippen molar-refractivity contribution in [3.05, 3.63) is 82.3 Å². The standard InChI is InChI=1S/C26H26Cl2FN5O2S/c1-14(2)36-13-15-11-16(27)12-19(20(15)28)37(35)33-18-8-6-7-17(21(18)29)22-23-24(30)31-9-10-34(23)25(32-22)26(3,4)5/h6-12,33H,1,13H2,2-5H3,(H2,30,31). The molecule has 3 N–H and O–H groups in total. The monoisotopic (exact) mass is 561 g/mol. The molecule has 11 heteroatoms. The number of rotatable bonds is 7. The van der Waals surface area contributed by atoms with Crippen LogP contribution in [0.3, 0.4) is 0 Å². The molecule has 0 radical (unpaired) electrons. The van der Waals surface area contributed by atoms with Crippen molar-refractivity contribution < 1.29 is 13.3 Å². The SMILES string of the molecule is C=C(C)OCc1cc(Cl)cc(S(=O)Nc2cccc(-c3nc(C(C)(C)C)n4ccnc(N)c34)c2F)c1Cl. The minimum Gasteiger partial charge on any atom is -0.494 e. The predicted octanol–water partition coefficient (Wildman–Crippen LogP) is 6.91. The number of nitrogens with two attached hydrogens (primary N) is 1. The smallest absolute Gasteiger partial charge is 0.156 e. The summed E-state index contributed by atoms with van der Waals surface area (Å²) in [6, 6.07) is 7.78. The number of fused-ring (bicyclic) bond motifs is 1. The van der Waals surface area contributed by atoms with E-state index in [-0.39, 0.29) is 39.0 Å². The lowest BCUT2D eigenvalue weighted by molar-refractivity contribution is 0.202. The van der Waals surface area contributed by atoms with E-state index >= 15 is 4.39 Å². The van der Waals surface area contributed by atoms with E-state index in [1.807, 2.05) is 25.2 Å². The Morgan fingerprint density at radius 2 is 2.03 bits per heavy atom. The molecule has 0 fully saturated rings. The molecule has 0 bridgehead atoms. The number of ether oxygens (including phenoxy) is 1. The first-order valence-electron chi connectivity index (χ1n) is 11.2. The van der Waals surface area contributed by atoms with Crippen LogP contribution in [0.1, 0.15) is 39.1 Å². The van der Waals surface area contributed by atoms with Gasteiger partial charge in [-0.05, 0) is 31.2 Å². The van der Waals surface area contributed by atoms with Crippen LogP contribution in [0.4, 0.5) is 15.9 Å². The Bertz CT molecular complexity index is 1550. The molecule has 4 rings (SSSR count). The second kappa shape index (κ2) is 10.3. The molecule has 0 amide bonds. The summed E-state index contributed by atoms with van der Waals surface area (Å²) in [5, 5.41) is 0.507. The average Bonchev–Trinajstić information content (AvgIpc) is 3.22. The van der Waals surface area contributed by atoms with Crippen LogP contribution < -0.4 is 10.5 Å². The lowest BCUT2D eigenvalue weighted by Gasteiger charge is -2.16. The molecule has 0 aliphatic heterocycles. The maximum absolute atomic E-state index is 15.9. The highest BCUT2D eigenvalue weighted by Gasteiger charge is 2.26. The molecular weight excluding hydrogens is 536 g/mol. The van der Waals surface area contributed by atoms with Gasteiger partial charge in [0.25, 0.3) is 0 Å². The number of anilines is 2. The highest BCUT2D eigenvalue weighted by atomic mass is 35.5. The van der Waals surface area contributed by atoms with Crippen molar-refractivity contribution in [1.29, 1.82) is 0 Å². The van der Waals surface area contributed by atoms with E-state index in [2.05, 4.69) is 16.3 Å². The third-order valence-electron chi connectivity index (χ3n) is 5.46. The molecule has 2 aromatic carbocycles. The number of hydrogen-bond acceptors (Lipinski definition) is 5. The van der Waals surface area contributed by atoms with Gasteiger partial charge in [-0.2, -0.15) is 0 Å². The van der Waals surface area contributed by atoms with Crippen molar-refractivity contribution in [2.24, 2.45) is 0 Å². The van der Waals surface area contributed by atoms with Crippen molar-refractivity contribution in [2.45, 2.75) is 44.6 Å². The Balaban J connectivity index is 1.75. The molecule has 0 spiro atoms. The first-order chi connectivity index (χ1) is 17.4. The quantitative estimate of drug-likeness (QED) is 0.239. The molecule has 0 saturated heterocycles. The number of nitrogen functional groups attached to an aromatic ring is 1. The van der Waals surface area contributed by atoms with Gasteiger partial charge in [-0.1, -0.05) is 56.6 Å². The van der Waals surface area contributed by atoms with Crippen LogP contribution in [0.5, 0.6) is 0 Å². The van der Waals surface area contributed by atoms with E-state index < -0.39 is 16.8 Å². The fraction of sp³-hybridized carbons (Fsp3) is 0.231. The third-order valence-corrected chi connectivity index (χ3v) is 7.37. The number of halogens is 3. The van der Waals surface area contributed by atoms with Crippen LogP contribution >= 0.6 is 23.2 Å². The van der Waals surface area contributed by atoms with Gasteiger partial charge >= 0.3 is 0 Å². The van der Waals surface area contributed by atoms with Crippen LogP contribution in [0, 0.1) is 5.82 Å². The normalized spacial score (nSPS) is 12.5. The van der Waals surface area contributed by atoms with Crippen LogP contribution in [0.2, 0.25) is 10.0 Å². The van der Waals surface area contributed by atoms with Crippen LogP contribution in [0.15, 0.2) is 60.0 Å². The fourth-order valence-corrected chi connectivity index (χ4v) is 5.46. The minimum atomic E-state index is -1.94. The van der Waals surface area contributed by atoms with Crippen LogP contribution in [0.25, 0.3) is 16.8 Å². The Morgan fingerprint density at radius 3 is 2.70 bits per heavy atom. The summed E-state index contributed by atoms with van der Waals surface area (Å²) in [5.41, 5.74) is 7.36. The highest BCUT2D eigenvalue weighted by Crippen LogP contribution is 2.36. The van der Waals surface area contributed by atoms with Crippen molar-refractivity contribution in [3.63, 3.8) is 0 Å². The van der Waals surface area contributed by atoms with E-state index in [1.165, 1.54) is 12.1 Å². The zero-order valence-corrected chi connectivity index (χ0v) is 23.1. The van der Waals surface area contributed by atoms with E-state index in [0.29, 0.717) is 33.4 Å². The lowest BCUT2D eigenvalue weighted by Crippen LogP contribution is -2.16. The summed E-state index contributed by atoms with van der Waals surface area (Å²) in [5.74, 6) is 0.761. The Morgan fingerprint density at radius 1 is 1.30 bits per heavy atom. The molecular formula is C26H26Cl2FN5O2S. The number of nitrogens with one attached hydrogen (secondary N) is 1. The molecule has 4 aromatic rings.